The van der Waals surface area contributed by atoms with Crippen molar-refractivity contribution in [2.24, 2.45) is 0 Å². The summed E-state index contributed by atoms with van der Waals surface area (Å²) in [5.41, 5.74) is 1.99. The Bertz CT molecular complexity index is 412. The lowest BCUT2D eigenvalue weighted by Crippen LogP contribution is -2.21. The van der Waals surface area contributed by atoms with E-state index in [1.807, 2.05) is 0 Å². The number of rotatable bonds is 0. The molecule has 2 heterocycles. The number of carbonyl (C=O) groups is 1. The van der Waals surface area contributed by atoms with Gasteiger partial charge in [-0.25, -0.2) is 4.98 Å². The first-order chi connectivity index (χ1) is 6.18. The molecule has 1 aromatic heterocycles. The minimum atomic E-state index is 0.0685. The van der Waals surface area contributed by atoms with Crippen molar-refractivity contribution >= 4 is 18.1 Å². The predicted octanol–water partition coefficient (Wildman–Crippen LogP) is 1.00. The summed E-state index contributed by atoms with van der Waals surface area (Å²) < 4.78 is 0.595. The largest absolute Gasteiger partial charge is 0.348 e. The molecule has 0 saturated carbocycles. The lowest BCUT2D eigenvalue weighted by molar-refractivity contribution is -0.129. The third kappa shape index (κ3) is 1.35. The van der Waals surface area contributed by atoms with Crippen molar-refractivity contribution < 1.29 is 4.79 Å². The molecule has 1 aliphatic heterocycles. The normalized spacial score (nSPS) is 14.4. The van der Waals surface area contributed by atoms with Crippen LogP contribution in [0, 0.1) is 4.64 Å². The standard InChI is InChI=1S/C8H9N3OS/c1-5(12)11-2-6-7(3-11)9-4-10-8(6)13/h4H,2-3H2,1H3,(H,9,10,13). The highest BCUT2D eigenvalue weighted by molar-refractivity contribution is 7.71. The summed E-state index contributed by atoms with van der Waals surface area (Å²) in [5, 5.41) is 0. The monoisotopic (exact) mass is 195 g/mol. The number of carbonyl (C=O) groups excluding carboxylic acids is 1. The molecule has 0 radical (unpaired) electrons. The van der Waals surface area contributed by atoms with E-state index in [-0.39, 0.29) is 5.91 Å². The highest BCUT2D eigenvalue weighted by atomic mass is 32.1. The van der Waals surface area contributed by atoms with E-state index in [1.54, 1.807) is 18.2 Å². The Morgan fingerprint density at radius 1 is 1.69 bits per heavy atom. The molecule has 0 saturated heterocycles. The maximum atomic E-state index is 11.1. The topological polar surface area (TPSA) is 49.0 Å². The Hall–Kier alpha value is -1.23. The first kappa shape index (κ1) is 8.37. The lowest BCUT2D eigenvalue weighted by atomic mass is 10.3. The van der Waals surface area contributed by atoms with Gasteiger partial charge in [0, 0.05) is 18.2 Å². The van der Waals surface area contributed by atoms with Crippen molar-refractivity contribution in [1.82, 2.24) is 14.9 Å². The molecule has 0 fully saturated rings. The van der Waals surface area contributed by atoms with Gasteiger partial charge in [0.05, 0.1) is 19.4 Å². The van der Waals surface area contributed by atoms with Crippen LogP contribution < -0.4 is 0 Å². The van der Waals surface area contributed by atoms with Crippen LogP contribution in [0.4, 0.5) is 0 Å². The second-order valence-electron chi connectivity index (χ2n) is 3.04. The molecular formula is C8H9N3OS. The number of nitrogens with one attached hydrogen (secondary N) is 1. The highest BCUT2D eigenvalue weighted by Gasteiger charge is 2.22. The summed E-state index contributed by atoms with van der Waals surface area (Å²) >= 11 is 5.05. The molecule has 1 aromatic rings. The van der Waals surface area contributed by atoms with Crippen LogP contribution in [-0.4, -0.2) is 20.8 Å². The quantitative estimate of drug-likeness (QED) is 0.628. The molecule has 0 spiro atoms. The number of fused-ring (bicyclic) bond motifs is 1. The van der Waals surface area contributed by atoms with E-state index in [0.717, 1.165) is 11.3 Å². The minimum absolute atomic E-state index is 0.0685. The SMILES string of the molecule is CC(=O)N1Cc2[nH]cnc(=S)c2C1. The van der Waals surface area contributed by atoms with E-state index in [1.165, 1.54) is 0 Å². The zero-order chi connectivity index (χ0) is 9.42. The molecule has 4 nitrogen and oxygen atoms in total. The highest BCUT2D eigenvalue weighted by Crippen LogP contribution is 2.20. The van der Waals surface area contributed by atoms with Crippen LogP contribution >= 0.6 is 12.2 Å². The van der Waals surface area contributed by atoms with Crippen LogP contribution in [0.2, 0.25) is 0 Å². The van der Waals surface area contributed by atoms with Crippen molar-refractivity contribution in [2.75, 3.05) is 0 Å². The van der Waals surface area contributed by atoms with Gasteiger partial charge in [-0.3, -0.25) is 4.79 Å². The zero-order valence-electron chi connectivity index (χ0n) is 7.20. The molecule has 2 rings (SSSR count). The van der Waals surface area contributed by atoms with Gasteiger partial charge in [-0.2, -0.15) is 0 Å². The molecule has 1 amide bonds. The molecule has 0 aliphatic carbocycles. The summed E-state index contributed by atoms with van der Waals surface area (Å²) in [6, 6.07) is 0. The Balaban J connectivity index is 2.41. The number of nitrogens with zero attached hydrogens (tertiary/aromatic N) is 2. The fourth-order valence-corrected chi connectivity index (χ4v) is 1.67. The van der Waals surface area contributed by atoms with Gasteiger partial charge >= 0.3 is 0 Å². The van der Waals surface area contributed by atoms with Crippen molar-refractivity contribution in [3.05, 3.63) is 22.2 Å². The summed E-state index contributed by atoms with van der Waals surface area (Å²) in [7, 11) is 0. The van der Waals surface area contributed by atoms with Crippen LogP contribution in [0.25, 0.3) is 0 Å². The fourth-order valence-electron chi connectivity index (χ4n) is 1.43. The number of aromatic amines is 1. The lowest BCUT2D eigenvalue weighted by Gasteiger charge is -2.10. The van der Waals surface area contributed by atoms with Crippen LogP contribution in [-0.2, 0) is 17.9 Å². The number of aromatic nitrogens is 2. The average molecular weight is 195 g/mol. The summed E-state index contributed by atoms with van der Waals surface area (Å²) in [6.45, 7) is 2.77. The minimum Gasteiger partial charge on any atom is -0.348 e. The van der Waals surface area contributed by atoms with Crippen LogP contribution in [0.1, 0.15) is 18.2 Å². The first-order valence-electron chi connectivity index (χ1n) is 3.99. The number of hydrogen-bond acceptors (Lipinski definition) is 3. The van der Waals surface area contributed by atoms with Crippen molar-refractivity contribution in [3.8, 4) is 0 Å². The molecule has 13 heavy (non-hydrogen) atoms. The van der Waals surface area contributed by atoms with E-state index in [9.17, 15) is 4.79 Å². The average Bonchev–Trinajstić information content (AvgIpc) is 2.49. The van der Waals surface area contributed by atoms with Crippen molar-refractivity contribution in [3.63, 3.8) is 0 Å². The first-order valence-corrected chi connectivity index (χ1v) is 4.40. The molecule has 1 N–H and O–H groups in total. The maximum Gasteiger partial charge on any atom is 0.220 e. The Morgan fingerprint density at radius 3 is 3.08 bits per heavy atom. The summed E-state index contributed by atoms with van der Waals surface area (Å²) in [5.74, 6) is 0.0685. The zero-order valence-corrected chi connectivity index (χ0v) is 8.02. The van der Waals surface area contributed by atoms with Gasteiger partial charge in [0.25, 0.3) is 0 Å². The third-order valence-corrected chi connectivity index (χ3v) is 2.54. The van der Waals surface area contributed by atoms with Crippen LogP contribution in [0.5, 0.6) is 0 Å². The molecule has 68 valence electrons. The van der Waals surface area contributed by atoms with Gasteiger partial charge in [0.15, 0.2) is 0 Å². The second kappa shape index (κ2) is 2.92. The van der Waals surface area contributed by atoms with Gasteiger partial charge in [-0.15, -0.1) is 0 Å². The Labute approximate surface area is 80.6 Å². The molecule has 1 aliphatic rings. The van der Waals surface area contributed by atoms with Gasteiger partial charge < -0.3 is 9.88 Å². The summed E-state index contributed by atoms with van der Waals surface area (Å²) in [4.78, 5) is 19.8. The van der Waals surface area contributed by atoms with E-state index in [4.69, 9.17) is 12.2 Å². The molecule has 0 bridgehead atoms. The van der Waals surface area contributed by atoms with Gasteiger partial charge in [0.2, 0.25) is 5.91 Å². The Kier molecular flexibility index (Phi) is 1.88. The van der Waals surface area contributed by atoms with Crippen molar-refractivity contribution in [1.29, 1.82) is 0 Å². The van der Waals surface area contributed by atoms with Crippen molar-refractivity contribution in [2.45, 2.75) is 20.0 Å². The van der Waals surface area contributed by atoms with E-state index >= 15 is 0 Å². The van der Waals surface area contributed by atoms with Gasteiger partial charge in [0.1, 0.15) is 4.64 Å². The third-order valence-electron chi connectivity index (χ3n) is 2.19. The number of H-pyrrole nitrogens is 1. The molecule has 0 aromatic carbocycles. The van der Waals surface area contributed by atoms with E-state index in [0.29, 0.717) is 17.7 Å². The molecule has 0 atom stereocenters. The van der Waals surface area contributed by atoms with Crippen LogP contribution in [0.15, 0.2) is 6.33 Å². The fraction of sp³-hybridized carbons (Fsp3) is 0.375. The smallest absolute Gasteiger partial charge is 0.220 e. The molecular weight excluding hydrogens is 186 g/mol. The molecule has 0 unspecified atom stereocenters. The maximum absolute atomic E-state index is 11.1. The second-order valence-corrected chi connectivity index (χ2v) is 3.43. The molecule has 5 heteroatoms. The predicted molar refractivity (Wildman–Crippen MR) is 49.3 cm³/mol. The Morgan fingerprint density at radius 2 is 2.46 bits per heavy atom. The van der Waals surface area contributed by atoms with E-state index < -0.39 is 0 Å². The van der Waals surface area contributed by atoms with E-state index in [2.05, 4.69) is 9.97 Å². The van der Waals surface area contributed by atoms with Gasteiger partial charge in [-0.1, -0.05) is 12.2 Å². The number of amides is 1. The summed E-state index contributed by atoms with van der Waals surface area (Å²) in [6.07, 6.45) is 1.57. The van der Waals surface area contributed by atoms with Gasteiger partial charge in [-0.05, 0) is 0 Å². The van der Waals surface area contributed by atoms with Crippen LogP contribution in [0.3, 0.4) is 0 Å². The number of hydrogen-bond donors (Lipinski definition) is 1.